The number of hydrogen-bond acceptors (Lipinski definition) is 0. The topological polar surface area (TPSA) is 0 Å². The predicted octanol–water partition coefficient (Wildman–Crippen LogP) is 7.13. The summed E-state index contributed by atoms with van der Waals surface area (Å²) in [7, 11) is 0. The first-order chi connectivity index (χ1) is 6.22. The van der Waals surface area contributed by atoms with Gasteiger partial charge in [-0.1, -0.05) is 0 Å². The first-order valence-electron chi connectivity index (χ1n) is 4.68. The zero-order chi connectivity index (χ0) is 11.7. The van der Waals surface area contributed by atoms with E-state index in [9.17, 15) is 0 Å². The van der Waals surface area contributed by atoms with Crippen molar-refractivity contribution in [2.24, 2.45) is 0 Å². The van der Waals surface area contributed by atoms with E-state index in [0.29, 0.717) is 0 Å². The molecule has 0 heterocycles. The van der Waals surface area contributed by atoms with Crippen LogP contribution in [0, 0.1) is 69.9 Å². The summed E-state index contributed by atoms with van der Waals surface area (Å²) in [6.45, 7) is 19.9. The van der Waals surface area contributed by atoms with E-state index in [-0.39, 0.29) is 198 Å². The summed E-state index contributed by atoms with van der Waals surface area (Å²) in [5, 5.41) is 0. The van der Waals surface area contributed by atoms with E-state index in [2.05, 4.69) is 19.9 Å². The van der Waals surface area contributed by atoms with Crippen LogP contribution in [0.15, 0.2) is 5.57 Å². The fourth-order valence-corrected chi connectivity index (χ4v) is 0.144. The predicted molar refractivity (Wildman–Crippen MR) is 97.9 cm³/mol. The molecule has 0 nitrogen and oxygen atoms in total. The minimum atomic E-state index is 0. The Bertz CT molecular complexity index is 85.9. The Labute approximate surface area is 280 Å². The summed E-state index contributed by atoms with van der Waals surface area (Å²) in [5.41, 5.74) is 1.22. The van der Waals surface area contributed by atoms with Crippen molar-refractivity contribution in [2.45, 2.75) is 48.5 Å². The van der Waals surface area contributed by atoms with Crippen LogP contribution >= 0.6 is 0 Å². The van der Waals surface area contributed by atoms with Gasteiger partial charge in [0.05, 0.1) is 0 Å². The molecule has 0 spiro atoms. The summed E-state index contributed by atoms with van der Waals surface area (Å²) >= 11 is 0. The van der Waals surface area contributed by atoms with Gasteiger partial charge in [-0.25, -0.2) is 6.92 Å². The van der Waals surface area contributed by atoms with Crippen LogP contribution in [0.2, 0.25) is 0 Å². The van der Waals surface area contributed by atoms with Gasteiger partial charge < -0.3 is 75.5 Å². The van der Waals surface area contributed by atoms with Crippen LogP contribution in [0.1, 0.15) is 48.5 Å². The van der Waals surface area contributed by atoms with E-state index in [1.165, 1.54) is 5.57 Å². The van der Waals surface area contributed by atoms with Crippen LogP contribution < -0.4 is 0 Å². The second-order valence-electron chi connectivity index (χ2n) is 1.80. The molecule has 0 aromatic carbocycles. The molecule has 0 unspecified atom stereocenters. The molecule has 0 saturated carbocycles. The molecule has 1 radical (unpaired) electrons. The molecule has 0 amide bonds. The van der Waals surface area contributed by atoms with Gasteiger partial charge in [0.2, 0.25) is 0 Å². The SMILES string of the molecule is C[C-]=C(C)[CH-]C.C[CH-]C.[CH2-]C.[CH2-]C.[CH3-].[CH3-].[CH3-].[CH3-].[CH3-].[W].[W].[W].[Y+3].[Y+3].[Y]. The normalized spacial score (nSPS) is 4.12. The molecule has 0 saturated heterocycles. The summed E-state index contributed by atoms with van der Waals surface area (Å²) in [5.74, 6) is 0. The first-order valence-corrected chi connectivity index (χ1v) is 4.68. The molecule has 0 bridgehead atoms. The Morgan fingerprint density at radius 1 is 0.708 bits per heavy atom. The first kappa shape index (κ1) is 116. The van der Waals surface area contributed by atoms with E-state index in [1.54, 1.807) is 13.8 Å². The second kappa shape index (κ2) is 169. The smallest absolute Gasteiger partial charge is 0.531 e. The van der Waals surface area contributed by atoms with Crippen LogP contribution in [0.4, 0.5) is 0 Å². The third kappa shape index (κ3) is 226. The molecule has 0 rings (SSSR count). The quantitative estimate of drug-likeness (QED) is 0.246. The van der Waals surface area contributed by atoms with Gasteiger partial charge in [0.15, 0.2) is 0 Å². The van der Waals surface area contributed by atoms with Crippen molar-refractivity contribution < 1.29 is 161 Å². The third-order valence-corrected chi connectivity index (χ3v) is 0.827. The van der Waals surface area contributed by atoms with Gasteiger partial charge in [0.1, 0.15) is 0 Å². The third-order valence-electron chi connectivity index (χ3n) is 0.827. The molecule has 0 aliphatic carbocycles. The van der Waals surface area contributed by atoms with Gasteiger partial charge in [-0.05, 0) is 0 Å². The Balaban J connectivity index is -0.00000000321. The van der Waals surface area contributed by atoms with Crippen molar-refractivity contribution in [1.82, 2.24) is 0 Å². The van der Waals surface area contributed by atoms with Crippen molar-refractivity contribution in [3.05, 3.63) is 75.5 Å². The van der Waals surface area contributed by atoms with Gasteiger partial charge in [-0.3, -0.25) is 0 Å². The number of allylic oxidation sites excluding steroid dienone is 2. The Morgan fingerprint density at radius 2 is 0.833 bits per heavy atom. The van der Waals surface area contributed by atoms with E-state index in [1.807, 2.05) is 47.5 Å². The summed E-state index contributed by atoms with van der Waals surface area (Å²) in [6, 6.07) is 0. The van der Waals surface area contributed by atoms with Crippen LogP contribution in [-0.2, 0) is 161 Å². The van der Waals surface area contributed by atoms with Gasteiger partial charge in [-0.15, -0.1) is 6.92 Å². The van der Waals surface area contributed by atoms with Crippen molar-refractivity contribution >= 4 is 0 Å². The van der Waals surface area contributed by atoms with Crippen molar-refractivity contribution in [2.75, 3.05) is 0 Å². The maximum atomic E-state index is 3.25. The number of rotatable bonds is 1. The number of hydrogen-bond donors (Lipinski definition) is 0. The Morgan fingerprint density at radius 3 is 0.833 bits per heavy atom. The van der Waals surface area contributed by atoms with E-state index >= 15 is 0 Å². The van der Waals surface area contributed by atoms with Crippen LogP contribution in [0.3, 0.4) is 0 Å². The molecule has 0 aliphatic rings. The fraction of sp³-hybridized carbons (Fsp3) is 0.389. The van der Waals surface area contributed by atoms with Crippen molar-refractivity contribution in [3.8, 4) is 0 Å². The molecule has 0 N–H and O–H groups in total. The molecule has 0 aromatic rings. The minimum absolute atomic E-state index is 0. The Kier molecular flexibility index (Phi) is 817. The fourth-order valence-electron chi connectivity index (χ4n) is 0.144. The molecule has 6 heteroatoms. The van der Waals surface area contributed by atoms with E-state index in [4.69, 9.17) is 0 Å². The van der Waals surface area contributed by atoms with Gasteiger partial charge in [-0.2, -0.15) is 34.6 Å². The van der Waals surface area contributed by atoms with Crippen molar-refractivity contribution in [1.29, 1.82) is 0 Å². The molecular formula is C18H42W3Y3-4. The molecule has 0 atom stereocenters. The standard InChI is InChI=1S/C6H10.C3H7.2C2H5.5CH3.3W.3Y/c1-4-6(3)5-2;1-3-2;2*1-2;;;;;;;;;;;/h4H,1-3H3;3H,1-2H3;2*1H2,2H3;5*1H3;;;;;;/q-2;8*-1;;;;;2*+3. The van der Waals surface area contributed by atoms with Gasteiger partial charge in [0.25, 0.3) is 0 Å². The average Bonchev–Trinajstić information content (AvgIpc) is 2.24. The van der Waals surface area contributed by atoms with Crippen LogP contribution in [0.5, 0.6) is 0 Å². The molecule has 0 fully saturated rings. The monoisotopic (exact) mass is 1080 g/mol. The van der Waals surface area contributed by atoms with Gasteiger partial charge in [0, 0.05) is 95.9 Å². The molecule has 24 heavy (non-hydrogen) atoms. The zero-order valence-electron chi connectivity index (χ0n) is 18.5. The molecule has 145 valence electrons. The van der Waals surface area contributed by atoms with E-state index in [0.717, 1.165) is 0 Å². The summed E-state index contributed by atoms with van der Waals surface area (Å²) < 4.78 is 0. The van der Waals surface area contributed by atoms with Gasteiger partial charge >= 0.3 is 65.4 Å². The van der Waals surface area contributed by atoms with Crippen molar-refractivity contribution in [3.63, 3.8) is 0 Å². The second-order valence-corrected chi connectivity index (χ2v) is 1.80. The summed E-state index contributed by atoms with van der Waals surface area (Å²) in [4.78, 5) is 0. The Hall–Kier alpha value is 4.99. The zero-order valence-corrected chi connectivity index (χ0v) is 35.8. The van der Waals surface area contributed by atoms with E-state index < -0.39 is 0 Å². The molecule has 0 aliphatic heterocycles. The summed E-state index contributed by atoms with van der Waals surface area (Å²) in [6.07, 6.45) is 7.00. The minimum Gasteiger partial charge on any atom is -0.531 e. The van der Waals surface area contributed by atoms with Crippen LogP contribution in [0.25, 0.3) is 0 Å². The van der Waals surface area contributed by atoms with Crippen LogP contribution in [-0.4, -0.2) is 0 Å². The maximum Gasteiger partial charge on any atom is 3.00 e. The molecular weight excluding hydrogens is 1030 g/mol. The average molecular weight is 1080 g/mol. The maximum absolute atomic E-state index is 3.25. The largest absolute Gasteiger partial charge is 3.00 e. The molecule has 0 aromatic heterocycles.